The fourth-order valence-electron chi connectivity index (χ4n) is 5.82. The molecule has 1 aliphatic heterocycles. The van der Waals surface area contributed by atoms with Gasteiger partial charge in [-0.1, -0.05) is 12.1 Å². The lowest BCUT2D eigenvalue weighted by Gasteiger charge is -2.57. The average Bonchev–Trinajstić information content (AvgIpc) is 3.27. The Morgan fingerprint density at radius 1 is 1.00 bits per heavy atom. The van der Waals surface area contributed by atoms with E-state index in [1.54, 1.807) is 0 Å². The van der Waals surface area contributed by atoms with E-state index in [-0.39, 0.29) is 6.61 Å². The molecule has 0 amide bonds. The van der Waals surface area contributed by atoms with Crippen LogP contribution >= 0.6 is 0 Å². The Hall–Kier alpha value is -1.06. The van der Waals surface area contributed by atoms with E-state index in [0.29, 0.717) is 12.0 Å². The molecule has 0 aromatic heterocycles. The number of epoxide rings is 1. The maximum atomic E-state index is 9.28. The van der Waals surface area contributed by atoms with Crippen molar-refractivity contribution in [2.75, 3.05) is 13.2 Å². The molecule has 1 heterocycles. The zero-order valence-electron chi connectivity index (χ0n) is 13.0. The predicted octanol–water partition coefficient (Wildman–Crippen LogP) is 3.25. The van der Waals surface area contributed by atoms with Crippen LogP contribution in [0.25, 0.3) is 0 Å². The Morgan fingerprint density at radius 2 is 1.55 bits per heavy atom. The summed E-state index contributed by atoms with van der Waals surface area (Å²) in [4.78, 5) is 0. The molecule has 1 N–H and O–H groups in total. The molecule has 4 bridgehead atoms. The highest BCUT2D eigenvalue weighted by atomic mass is 16.8. The molecule has 3 nitrogen and oxygen atoms in total. The Labute approximate surface area is 131 Å². The second-order valence-electron chi connectivity index (χ2n) is 8.18. The lowest BCUT2D eigenvalue weighted by molar-refractivity contribution is -0.00544. The number of aliphatic hydroxyl groups excluding tert-OH is 1. The van der Waals surface area contributed by atoms with Gasteiger partial charge in [0.15, 0.2) is 0 Å². The largest absolute Gasteiger partial charge is 0.457 e. The fourth-order valence-corrected chi connectivity index (χ4v) is 5.82. The fraction of sp³-hybridized carbons (Fsp3) is 0.684. The smallest absolute Gasteiger partial charge is 0.257 e. The minimum absolute atomic E-state index is 0.0796. The average molecular weight is 300 g/mol. The predicted molar refractivity (Wildman–Crippen MR) is 82.7 cm³/mol. The number of benzene rings is 1. The van der Waals surface area contributed by atoms with Crippen molar-refractivity contribution in [1.82, 2.24) is 0 Å². The third-order valence-corrected chi connectivity index (χ3v) is 6.52. The van der Waals surface area contributed by atoms with E-state index >= 15 is 0 Å². The summed E-state index contributed by atoms with van der Waals surface area (Å²) in [6, 6.07) is 8.64. The lowest BCUT2D eigenvalue weighted by Crippen LogP contribution is -2.48. The quantitative estimate of drug-likeness (QED) is 0.868. The van der Waals surface area contributed by atoms with E-state index in [1.807, 2.05) is 0 Å². The number of hydrogen-bond acceptors (Lipinski definition) is 3. The van der Waals surface area contributed by atoms with Crippen LogP contribution < -0.4 is 4.74 Å². The van der Waals surface area contributed by atoms with E-state index in [4.69, 9.17) is 9.47 Å². The van der Waals surface area contributed by atoms with Gasteiger partial charge in [0.1, 0.15) is 19.0 Å². The van der Waals surface area contributed by atoms with Crippen molar-refractivity contribution in [1.29, 1.82) is 0 Å². The molecule has 5 aliphatic rings. The topological polar surface area (TPSA) is 42.0 Å². The summed E-state index contributed by atoms with van der Waals surface area (Å²) < 4.78 is 11.0. The molecule has 0 spiro atoms. The van der Waals surface area contributed by atoms with Gasteiger partial charge in [-0.05, 0) is 79.4 Å². The Balaban J connectivity index is 1.39. The van der Waals surface area contributed by atoms with Crippen LogP contribution in [-0.4, -0.2) is 24.1 Å². The number of aliphatic hydroxyl groups is 1. The number of ether oxygens (including phenoxy) is 2. The third-order valence-electron chi connectivity index (χ3n) is 6.52. The number of hydrogen-bond donors (Lipinski definition) is 1. The molecule has 1 aromatic rings. The molecule has 4 aliphatic carbocycles. The Kier molecular flexibility index (Phi) is 2.73. The normalized spacial score (nSPS) is 45.0. The van der Waals surface area contributed by atoms with Crippen molar-refractivity contribution < 1.29 is 14.6 Å². The first kappa shape index (κ1) is 13.4. The third kappa shape index (κ3) is 2.02. The summed E-state index contributed by atoms with van der Waals surface area (Å²) in [5.41, 5.74) is 1.95. The minimum Gasteiger partial charge on any atom is -0.457 e. The zero-order chi connectivity index (χ0) is 14.8. The van der Waals surface area contributed by atoms with Crippen LogP contribution in [0, 0.1) is 17.8 Å². The highest BCUT2D eigenvalue weighted by molar-refractivity contribution is 5.35. The second kappa shape index (κ2) is 4.48. The van der Waals surface area contributed by atoms with Crippen LogP contribution in [0.3, 0.4) is 0 Å². The first-order chi connectivity index (χ1) is 10.7. The Bertz CT molecular complexity index is 538. The van der Waals surface area contributed by atoms with E-state index in [1.165, 1.54) is 44.1 Å². The molecule has 1 unspecified atom stereocenters. The highest BCUT2D eigenvalue weighted by Gasteiger charge is 2.51. The van der Waals surface area contributed by atoms with Crippen molar-refractivity contribution in [3.63, 3.8) is 0 Å². The SMILES string of the molecule is OCC1(Oc2ccc(C34CC5CC(CC(C5)C3)C4)cc2)CO1. The van der Waals surface area contributed by atoms with Crippen LogP contribution in [0.15, 0.2) is 24.3 Å². The molecule has 5 fully saturated rings. The summed E-state index contributed by atoms with van der Waals surface area (Å²) in [6.07, 6.45) is 8.62. The van der Waals surface area contributed by atoms with Gasteiger partial charge in [-0.25, -0.2) is 0 Å². The van der Waals surface area contributed by atoms with Crippen LogP contribution in [0.1, 0.15) is 44.1 Å². The van der Waals surface area contributed by atoms with E-state index in [2.05, 4.69) is 24.3 Å². The molecule has 4 saturated carbocycles. The molecule has 22 heavy (non-hydrogen) atoms. The maximum Gasteiger partial charge on any atom is 0.257 e. The minimum atomic E-state index is -0.762. The van der Waals surface area contributed by atoms with Gasteiger partial charge >= 0.3 is 0 Å². The van der Waals surface area contributed by atoms with Crippen LogP contribution in [0.4, 0.5) is 0 Å². The maximum absolute atomic E-state index is 9.28. The molecule has 3 heteroatoms. The summed E-state index contributed by atoms with van der Waals surface area (Å²) in [6.45, 7) is 0.407. The van der Waals surface area contributed by atoms with Gasteiger partial charge in [0.05, 0.1) is 0 Å². The molecule has 1 aromatic carbocycles. The van der Waals surface area contributed by atoms with E-state index < -0.39 is 5.79 Å². The monoisotopic (exact) mass is 300 g/mol. The van der Waals surface area contributed by atoms with Crippen molar-refractivity contribution in [2.24, 2.45) is 17.8 Å². The van der Waals surface area contributed by atoms with Crippen molar-refractivity contribution in [2.45, 2.75) is 49.7 Å². The van der Waals surface area contributed by atoms with Gasteiger partial charge in [0, 0.05) is 0 Å². The Morgan fingerprint density at radius 3 is 2.00 bits per heavy atom. The molecular weight excluding hydrogens is 276 g/mol. The molecule has 1 saturated heterocycles. The van der Waals surface area contributed by atoms with Gasteiger partial charge in [-0.15, -0.1) is 0 Å². The molecular formula is C19H24O3. The summed E-state index contributed by atoms with van der Waals surface area (Å²) in [5, 5.41) is 9.28. The molecule has 0 radical (unpaired) electrons. The van der Waals surface area contributed by atoms with Gasteiger partial charge in [-0.2, -0.15) is 0 Å². The highest BCUT2D eigenvalue weighted by Crippen LogP contribution is 2.60. The van der Waals surface area contributed by atoms with Gasteiger partial charge in [0.2, 0.25) is 0 Å². The summed E-state index contributed by atoms with van der Waals surface area (Å²) >= 11 is 0. The first-order valence-electron chi connectivity index (χ1n) is 8.73. The van der Waals surface area contributed by atoms with E-state index in [0.717, 1.165) is 23.5 Å². The lowest BCUT2D eigenvalue weighted by atomic mass is 9.48. The summed E-state index contributed by atoms with van der Waals surface area (Å²) in [7, 11) is 0. The van der Waals surface area contributed by atoms with E-state index in [9.17, 15) is 5.11 Å². The van der Waals surface area contributed by atoms with Crippen molar-refractivity contribution >= 4 is 0 Å². The summed E-state index contributed by atoms with van der Waals surface area (Å²) in [5.74, 6) is 2.96. The second-order valence-corrected chi connectivity index (χ2v) is 8.18. The van der Waals surface area contributed by atoms with Gasteiger partial charge < -0.3 is 14.6 Å². The van der Waals surface area contributed by atoms with Gasteiger partial charge in [-0.3, -0.25) is 0 Å². The number of rotatable bonds is 4. The standard InChI is InChI=1S/C19H24O3/c20-11-19(12-21-19)22-17-3-1-16(2-4-17)18-8-13-5-14(9-18)7-15(6-13)10-18/h1-4,13-15,20H,5-12H2. The zero-order valence-corrected chi connectivity index (χ0v) is 13.0. The van der Waals surface area contributed by atoms with Crippen molar-refractivity contribution in [3.8, 4) is 5.75 Å². The van der Waals surface area contributed by atoms with Crippen LogP contribution in [0.2, 0.25) is 0 Å². The molecule has 118 valence electrons. The van der Waals surface area contributed by atoms with Gasteiger partial charge in [0.25, 0.3) is 5.79 Å². The first-order valence-corrected chi connectivity index (χ1v) is 8.73. The van der Waals surface area contributed by atoms with Crippen LogP contribution in [-0.2, 0) is 10.2 Å². The van der Waals surface area contributed by atoms with Crippen molar-refractivity contribution in [3.05, 3.63) is 29.8 Å². The molecule has 1 atom stereocenters. The molecule has 6 rings (SSSR count). The van der Waals surface area contributed by atoms with Crippen LogP contribution in [0.5, 0.6) is 5.75 Å².